The van der Waals surface area contributed by atoms with Crippen LogP contribution < -0.4 is 5.32 Å². The third kappa shape index (κ3) is 2.39. The summed E-state index contributed by atoms with van der Waals surface area (Å²) in [7, 11) is 1.66. The zero-order valence-electron chi connectivity index (χ0n) is 11.6. The van der Waals surface area contributed by atoms with Gasteiger partial charge in [0.15, 0.2) is 0 Å². The molecule has 1 aliphatic heterocycles. The SMILES string of the molecule is Clc1ccnc2[nH]c(SI)c(-c3ccc4c(c3)NCCC4)c12. The van der Waals surface area contributed by atoms with Crippen molar-refractivity contribution in [2.45, 2.75) is 17.9 Å². The Morgan fingerprint density at radius 1 is 1.27 bits per heavy atom. The Balaban J connectivity index is 1.97. The zero-order valence-corrected chi connectivity index (χ0v) is 15.3. The van der Waals surface area contributed by atoms with Crippen LogP contribution in [0.4, 0.5) is 5.69 Å². The van der Waals surface area contributed by atoms with Gasteiger partial charge in [-0.15, -0.1) is 0 Å². The summed E-state index contributed by atoms with van der Waals surface area (Å²) in [5, 5.41) is 6.32. The molecule has 0 amide bonds. The summed E-state index contributed by atoms with van der Waals surface area (Å²) >= 11 is 8.73. The Morgan fingerprint density at radius 2 is 2.18 bits per heavy atom. The molecular weight excluding hydrogens is 429 g/mol. The molecule has 2 N–H and O–H groups in total. The lowest BCUT2D eigenvalue weighted by Crippen LogP contribution is -2.11. The summed E-state index contributed by atoms with van der Waals surface area (Å²) in [6, 6.07) is 8.49. The summed E-state index contributed by atoms with van der Waals surface area (Å²) in [5.74, 6) is 0. The summed E-state index contributed by atoms with van der Waals surface area (Å²) < 4.78 is 0. The van der Waals surface area contributed by atoms with Gasteiger partial charge < -0.3 is 10.3 Å². The molecule has 2 aromatic heterocycles. The van der Waals surface area contributed by atoms with Crippen LogP contribution in [0.3, 0.4) is 0 Å². The largest absolute Gasteiger partial charge is 0.385 e. The van der Waals surface area contributed by atoms with Gasteiger partial charge >= 0.3 is 0 Å². The van der Waals surface area contributed by atoms with Gasteiger partial charge in [0.1, 0.15) is 5.65 Å². The van der Waals surface area contributed by atoms with Crippen LogP contribution in [0.15, 0.2) is 35.5 Å². The van der Waals surface area contributed by atoms with Crippen LogP contribution in [0, 0.1) is 0 Å². The van der Waals surface area contributed by atoms with E-state index in [0.717, 1.165) is 39.6 Å². The summed E-state index contributed by atoms with van der Waals surface area (Å²) in [4.78, 5) is 7.78. The average molecular weight is 442 g/mol. The van der Waals surface area contributed by atoms with Gasteiger partial charge in [0, 0.05) is 50.6 Å². The van der Waals surface area contributed by atoms with E-state index in [1.54, 1.807) is 15.1 Å². The van der Waals surface area contributed by atoms with E-state index in [1.165, 1.54) is 23.2 Å². The highest BCUT2D eigenvalue weighted by Gasteiger charge is 2.18. The van der Waals surface area contributed by atoms with Crippen molar-refractivity contribution in [2.75, 3.05) is 11.9 Å². The molecular formula is C16H13ClIN3S. The van der Waals surface area contributed by atoms with Crippen molar-refractivity contribution in [3.8, 4) is 11.1 Å². The predicted octanol–water partition coefficient (Wildman–Crippen LogP) is 5.68. The van der Waals surface area contributed by atoms with Crippen molar-refractivity contribution in [1.29, 1.82) is 0 Å². The van der Waals surface area contributed by atoms with Crippen molar-refractivity contribution >= 4 is 58.5 Å². The lowest BCUT2D eigenvalue weighted by molar-refractivity contribution is 0.830. The number of aromatic amines is 1. The first kappa shape index (κ1) is 14.7. The molecule has 0 atom stereocenters. The molecule has 0 saturated heterocycles. The van der Waals surface area contributed by atoms with Gasteiger partial charge in [-0.05, 0) is 45.0 Å². The second kappa shape index (κ2) is 5.94. The zero-order chi connectivity index (χ0) is 15.1. The van der Waals surface area contributed by atoms with Gasteiger partial charge in [-0.25, -0.2) is 4.98 Å². The third-order valence-electron chi connectivity index (χ3n) is 4.02. The average Bonchev–Trinajstić information content (AvgIpc) is 2.94. The molecule has 0 unspecified atom stereocenters. The maximum absolute atomic E-state index is 6.44. The molecule has 0 saturated carbocycles. The number of anilines is 1. The third-order valence-corrected chi connectivity index (χ3v) is 6.12. The molecule has 6 heteroatoms. The number of rotatable bonds is 2. The van der Waals surface area contributed by atoms with E-state index in [0.29, 0.717) is 0 Å². The fourth-order valence-corrected chi connectivity index (χ4v) is 4.67. The van der Waals surface area contributed by atoms with Crippen LogP contribution in [0.1, 0.15) is 12.0 Å². The minimum atomic E-state index is 0.735. The topological polar surface area (TPSA) is 40.7 Å². The van der Waals surface area contributed by atoms with Crippen LogP contribution >= 0.6 is 41.7 Å². The molecule has 0 aliphatic carbocycles. The van der Waals surface area contributed by atoms with Gasteiger partial charge in [-0.3, -0.25) is 0 Å². The Kier molecular flexibility index (Phi) is 3.96. The Bertz CT molecular complexity index is 862. The van der Waals surface area contributed by atoms with E-state index in [-0.39, 0.29) is 0 Å². The van der Waals surface area contributed by atoms with Gasteiger partial charge in [0.05, 0.1) is 10.0 Å². The van der Waals surface area contributed by atoms with Crippen molar-refractivity contribution < 1.29 is 0 Å². The molecule has 3 heterocycles. The van der Waals surface area contributed by atoms with E-state index >= 15 is 0 Å². The monoisotopic (exact) mass is 441 g/mol. The Morgan fingerprint density at radius 3 is 3.05 bits per heavy atom. The lowest BCUT2D eigenvalue weighted by Gasteiger charge is -2.19. The second-order valence-corrected chi connectivity index (χ2v) is 7.62. The molecule has 1 aromatic carbocycles. The van der Waals surface area contributed by atoms with Gasteiger partial charge in [-0.1, -0.05) is 23.7 Å². The number of benzene rings is 1. The smallest absolute Gasteiger partial charge is 0.140 e. The quantitative estimate of drug-likeness (QED) is 0.502. The van der Waals surface area contributed by atoms with Gasteiger partial charge in [0.25, 0.3) is 0 Å². The number of H-pyrrole nitrogens is 1. The molecule has 22 heavy (non-hydrogen) atoms. The molecule has 3 nitrogen and oxygen atoms in total. The molecule has 1 aliphatic rings. The Labute approximate surface area is 149 Å². The van der Waals surface area contributed by atoms with E-state index in [1.807, 2.05) is 6.07 Å². The fraction of sp³-hybridized carbons (Fsp3) is 0.188. The maximum atomic E-state index is 6.44. The minimum absolute atomic E-state index is 0.735. The lowest BCUT2D eigenvalue weighted by atomic mass is 9.98. The van der Waals surface area contributed by atoms with E-state index < -0.39 is 0 Å². The van der Waals surface area contributed by atoms with E-state index in [9.17, 15) is 0 Å². The number of hydrogen-bond acceptors (Lipinski definition) is 3. The number of aryl methyl sites for hydroxylation is 1. The fourth-order valence-electron chi connectivity index (χ4n) is 3.00. The minimum Gasteiger partial charge on any atom is -0.385 e. The maximum Gasteiger partial charge on any atom is 0.140 e. The van der Waals surface area contributed by atoms with Crippen LogP contribution in [0.25, 0.3) is 22.2 Å². The number of fused-ring (bicyclic) bond motifs is 2. The predicted molar refractivity (Wildman–Crippen MR) is 103 cm³/mol. The highest BCUT2D eigenvalue weighted by molar-refractivity contribution is 14.2. The summed E-state index contributed by atoms with van der Waals surface area (Å²) in [5.41, 5.74) is 5.79. The molecule has 3 aromatic rings. The molecule has 0 radical (unpaired) electrons. The normalized spacial score (nSPS) is 13.9. The van der Waals surface area contributed by atoms with Crippen LogP contribution in [0.5, 0.6) is 0 Å². The molecule has 112 valence electrons. The second-order valence-electron chi connectivity index (χ2n) is 5.32. The van der Waals surface area contributed by atoms with E-state index in [4.69, 9.17) is 11.6 Å². The Hall–Kier alpha value is -0.920. The highest BCUT2D eigenvalue weighted by Crippen LogP contribution is 2.43. The molecule has 0 spiro atoms. The van der Waals surface area contributed by atoms with Crippen LogP contribution in [-0.4, -0.2) is 16.5 Å². The van der Waals surface area contributed by atoms with E-state index in [2.05, 4.69) is 54.7 Å². The van der Waals surface area contributed by atoms with Crippen molar-refractivity contribution in [1.82, 2.24) is 9.97 Å². The summed E-state index contributed by atoms with van der Waals surface area (Å²) in [6.07, 6.45) is 4.08. The highest BCUT2D eigenvalue weighted by atomic mass is 127. The summed E-state index contributed by atoms with van der Waals surface area (Å²) in [6.45, 7) is 1.04. The van der Waals surface area contributed by atoms with Crippen LogP contribution in [-0.2, 0) is 6.42 Å². The molecule has 4 rings (SSSR count). The number of halogens is 2. The van der Waals surface area contributed by atoms with Crippen molar-refractivity contribution in [2.24, 2.45) is 0 Å². The first-order valence-electron chi connectivity index (χ1n) is 7.10. The van der Waals surface area contributed by atoms with Crippen molar-refractivity contribution in [3.63, 3.8) is 0 Å². The number of pyridine rings is 1. The van der Waals surface area contributed by atoms with Crippen LogP contribution in [0.2, 0.25) is 5.02 Å². The van der Waals surface area contributed by atoms with Gasteiger partial charge in [0.2, 0.25) is 0 Å². The number of aromatic nitrogens is 2. The van der Waals surface area contributed by atoms with Gasteiger partial charge in [-0.2, -0.15) is 0 Å². The molecule has 0 fully saturated rings. The standard InChI is InChI=1S/C16H13ClIN3S/c17-11-5-7-20-15-14(11)13(16(21-15)22-18)10-4-3-9-2-1-6-19-12(9)8-10/h3-5,7-8,19H,1-2,6H2,(H,20,21). The number of nitrogens with one attached hydrogen (secondary N) is 2. The van der Waals surface area contributed by atoms with Crippen molar-refractivity contribution in [3.05, 3.63) is 41.0 Å². The first-order valence-corrected chi connectivity index (χ1v) is 10.8. The number of nitrogens with zero attached hydrogens (tertiary/aromatic N) is 1. The first-order chi connectivity index (χ1) is 10.8. The number of hydrogen-bond donors (Lipinski definition) is 2. The molecule has 0 bridgehead atoms.